The number of aryl methyl sites for hydroxylation is 1. The van der Waals surface area contributed by atoms with Crippen molar-refractivity contribution >= 4 is 11.4 Å². The topological polar surface area (TPSA) is 24.5 Å². The van der Waals surface area contributed by atoms with Crippen LogP contribution in [0.25, 0.3) is 0 Å². The largest absolute Gasteiger partial charge is 0.495 e. The summed E-state index contributed by atoms with van der Waals surface area (Å²) >= 11 is 0. The number of ether oxygens (including phenoxy) is 1. The van der Waals surface area contributed by atoms with Crippen molar-refractivity contribution in [3.63, 3.8) is 0 Å². The van der Waals surface area contributed by atoms with Crippen molar-refractivity contribution in [2.75, 3.05) is 24.4 Å². The summed E-state index contributed by atoms with van der Waals surface area (Å²) in [6.07, 6.45) is 0. The Labute approximate surface area is 120 Å². The van der Waals surface area contributed by atoms with E-state index in [1.807, 2.05) is 13.1 Å². The second-order valence-corrected chi connectivity index (χ2v) is 5.26. The van der Waals surface area contributed by atoms with E-state index >= 15 is 0 Å². The minimum absolute atomic E-state index is 0.935. The molecule has 0 atom stereocenters. The first-order valence-corrected chi connectivity index (χ1v) is 6.90. The molecule has 1 aliphatic rings. The van der Waals surface area contributed by atoms with Crippen LogP contribution >= 0.6 is 0 Å². The van der Waals surface area contributed by atoms with Gasteiger partial charge in [-0.25, -0.2) is 0 Å². The average molecular weight is 268 g/mol. The summed E-state index contributed by atoms with van der Waals surface area (Å²) in [6, 6.07) is 12.9. The molecule has 0 saturated heterocycles. The zero-order valence-corrected chi connectivity index (χ0v) is 12.2. The van der Waals surface area contributed by atoms with Gasteiger partial charge >= 0.3 is 0 Å². The van der Waals surface area contributed by atoms with Gasteiger partial charge in [0.2, 0.25) is 0 Å². The fraction of sp³-hybridized carbons (Fsp3) is 0.294. The van der Waals surface area contributed by atoms with Gasteiger partial charge in [-0.2, -0.15) is 0 Å². The van der Waals surface area contributed by atoms with Crippen LogP contribution in [0.1, 0.15) is 16.7 Å². The highest BCUT2D eigenvalue weighted by atomic mass is 16.5. The fourth-order valence-corrected chi connectivity index (χ4v) is 2.77. The van der Waals surface area contributed by atoms with Gasteiger partial charge in [-0.3, -0.25) is 0 Å². The van der Waals surface area contributed by atoms with Gasteiger partial charge in [-0.15, -0.1) is 0 Å². The lowest BCUT2D eigenvalue weighted by Gasteiger charge is -2.21. The van der Waals surface area contributed by atoms with Crippen molar-refractivity contribution < 1.29 is 4.74 Å². The maximum absolute atomic E-state index is 5.50. The molecule has 2 aromatic rings. The van der Waals surface area contributed by atoms with E-state index in [0.29, 0.717) is 0 Å². The highest BCUT2D eigenvalue weighted by Gasteiger charge is 2.21. The van der Waals surface area contributed by atoms with Gasteiger partial charge in [-0.05, 0) is 47.9 Å². The SMILES string of the molecule is CNc1ccc2c(c1)CN(c1cc(C)ccc1OC)C2. The first kappa shape index (κ1) is 12.9. The van der Waals surface area contributed by atoms with E-state index in [9.17, 15) is 0 Å². The molecule has 3 heteroatoms. The molecule has 0 bridgehead atoms. The quantitative estimate of drug-likeness (QED) is 0.921. The summed E-state index contributed by atoms with van der Waals surface area (Å²) < 4.78 is 5.50. The highest BCUT2D eigenvalue weighted by molar-refractivity contribution is 5.63. The Bertz CT molecular complexity index is 637. The molecule has 0 unspecified atom stereocenters. The average Bonchev–Trinajstić information content (AvgIpc) is 2.89. The molecule has 0 saturated carbocycles. The Balaban J connectivity index is 1.93. The van der Waals surface area contributed by atoms with E-state index in [2.05, 4.69) is 47.5 Å². The summed E-state index contributed by atoms with van der Waals surface area (Å²) in [5.74, 6) is 0.942. The van der Waals surface area contributed by atoms with Crippen LogP contribution < -0.4 is 15.0 Å². The molecule has 1 N–H and O–H groups in total. The number of anilines is 2. The second-order valence-electron chi connectivity index (χ2n) is 5.26. The molecule has 1 heterocycles. The molecule has 2 aromatic carbocycles. The predicted molar refractivity (Wildman–Crippen MR) is 83.6 cm³/mol. The van der Waals surface area contributed by atoms with Gasteiger partial charge in [0.25, 0.3) is 0 Å². The molecular weight excluding hydrogens is 248 g/mol. The first-order chi connectivity index (χ1) is 9.71. The lowest BCUT2D eigenvalue weighted by molar-refractivity contribution is 0.414. The van der Waals surface area contributed by atoms with Crippen molar-refractivity contribution in [2.24, 2.45) is 0 Å². The maximum Gasteiger partial charge on any atom is 0.142 e. The van der Waals surface area contributed by atoms with Crippen LogP contribution in [-0.4, -0.2) is 14.2 Å². The van der Waals surface area contributed by atoms with Crippen molar-refractivity contribution in [2.45, 2.75) is 20.0 Å². The normalized spacial score (nSPS) is 13.2. The molecule has 0 aliphatic carbocycles. The zero-order chi connectivity index (χ0) is 14.1. The third-order valence-corrected chi connectivity index (χ3v) is 3.89. The highest BCUT2D eigenvalue weighted by Crippen LogP contribution is 2.36. The molecule has 3 nitrogen and oxygen atoms in total. The summed E-state index contributed by atoms with van der Waals surface area (Å²) in [6.45, 7) is 4.00. The third kappa shape index (κ3) is 2.20. The van der Waals surface area contributed by atoms with Gasteiger partial charge in [0.05, 0.1) is 12.8 Å². The molecule has 104 valence electrons. The van der Waals surface area contributed by atoms with Crippen LogP contribution in [-0.2, 0) is 13.1 Å². The number of hydrogen-bond acceptors (Lipinski definition) is 3. The van der Waals surface area contributed by atoms with E-state index in [1.54, 1.807) is 7.11 Å². The van der Waals surface area contributed by atoms with Crippen LogP contribution in [0.4, 0.5) is 11.4 Å². The van der Waals surface area contributed by atoms with Gasteiger partial charge in [-0.1, -0.05) is 12.1 Å². The summed E-state index contributed by atoms with van der Waals surface area (Å²) in [5, 5.41) is 3.20. The Morgan fingerprint density at radius 1 is 1.05 bits per heavy atom. The van der Waals surface area contributed by atoms with Crippen molar-refractivity contribution in [1.29, 1.82) is 0 Å². The first-order valence-electron chi connectivity index (χ1n) is 6.90. The standard InChI is InChI=1S/C17H20N2O/c1-12-4-7-17(20-3)16(8-12)19-10-13-5-6-15(18-2)9-14(13)11-19/h4-9,18H,10-11H2,1-3H3. The van der Waals surface area contributed by atoms with Gasteiger partial charge in [0, 0.05) is 25.8 Å². The van der Waals surface area contributed by atoms with Gasteiger partial charge in [0.15, 0.2) is 0 Å². The van der Waals surface area contributed by atoms with Gasteiger partial charge < -0.3 is 15.0 Å². The number of rotatable bonds is 3. The Morgan fingerprint density at radius 3 is 2.60 bits per heavy atom. The monoisotopic (exact) mass is 268 g/mol. The number of hydrogen-bond donors (Lipinski definition) is 1. The number of fused-ring (bicyclic) bond motifs is 1. The lowest BCUT2D eigenvalue weighted by atomic mass is 10.1. The van der Waals surface area contributed by atoms with Crippen LogP contribution in [0.3, 0.4) is 0 Å². The molecule has 0 spiro atoms. The van der Waals surface area contributed by atoms with Crippen LogP contribution in [0, 0.1) is 6.92 Å². The van der Waals surface area contributed by atoms with E-state index in [4.69, 9.17) is 4.74 Å². The number of benzene rings is 2. The van der Waals surface area contributed by atoms with Crippen LogP contribution in [0.5, 0.6) is 5.75 Å². The summed E-state index contributed by atoms with van der Waals surface area (Å²) in [7, 11) is 3.69. The molecule has 3 rings (SSSR count). The summed E-state index contributed by atoms with van der Waals surface area (Å²) in [4.78, 5) is 2.37. The van der Waals surface area contributed by atoms with E-state index in [-0.39, 0.29) is 0 Å². The minimum atomic E-state index is 0.935. The molecule has 0 fully saturated rings. The molecule has 0 aromatic heterocycles. The minimum Gasteiger partial charge on any atom is -0.495 e. The lowest BCUT2D eigenvalue weighted by Crippen LogP contribution is -2.15. The van der Waals surface area contributed by atoms with Crippen LogP contribution in [0.15, 0.2) is 36.4 Å². The molecule has 0 amide bonds. The smallest absolute Gasteiger partial charge is 0.142 e. The Kier molecular flexibility index (Phi) is 3.26. The predicted octanol–water partition coefficient (Wildman–Crippen LogP) is 3.57. The fourth-order valence-electron chi connectivity index (χ4n) is 2.77. The van der Waals surface area contributed by atoms with E-state index in [1.165, 1.54) is 28.1 Å². The second kappa shape index (κ2) is 5.08. The van der Waals surface area contributed by atoms with E-state index < -0.39 is 0 Å². The third-order valence-electron chi connectivity index (χ3n) is 3.89. The molecular formula is C17H20N2O. The Morgan fingerprint density at radius 2 is 1.85 bits per heavy atom. The molecule has 0 radical (unpaired) electrons. The number of nitrogens with one attached hydrogen (secondary N) is 1. The zero-order valence-electron chi connectivity index (χ0n) is 12.2. The molecule has 1 aliphatic heterocycles. The number of nitrogens with zero attached hydrogens (tertiary/aromatic N) is 1. The van der Waals surface area contributed by atoms with Gasteiger partial charge in [0.1, 0.15) is 5.75 Å². The summed E-state index contributed by atoms with van der Waals surface area (Å²) in [5.41, 5.74) is 6.39. The Hall–Kier alpha value is -2.16. The molecule has 20 heavy (non-hydrogen) atoms. The number of methoxy groups -OCH3 is 1. The van der Waals surface area contributed by atoms with E-state index in [0.717, 1.165) is 18.8 Å². The van der Waals surface area contributed by atoms with Crippen molar-refractivity contribution in [3.05, 3.63) is 53.1 Å². The van der Waals surface area contributed by atoms with Crippen LogP contribution in [0.2, 0.25) is 0 Å². The van der Waals surface area contributed by atoms with Crippen molar-refractivity contribution in [1.82, 2.24) is 0 Å². The maximum atomic E-state index is 5.50. The van der Waals surface area contributed by atoms with Crippen molar-refractivity contribution in [3.8, 4) is 5.75 Å².